The summed E-state index contributed by atoms with van der Waals surface area (Å²) in [6, 6.07) is 3.98. The van der Waals surface area contributed by atoms with Crippen LogP contribution in [0.15, 0.2) is 18.2 Å². The number of nitrogens with zero attached hydrogens (tertiary/aromatic N) is 2. The summed E-state index contributed by atoms with van der Waals surface area (Å²) < 4.78 is 11.6. The lowest BCUT2D eigenvalue weighted by Gasteiger charge is -2.31. The second kappa shape index (κ2) is 8.29. The molecule has 0 aromatic carbocycles. The van der Waals surface area contributed by atoms with Gasteiger partial charge in [-0.25, -0.2) is 4.98 Å². The Kier molecular flexibility index (Phi) is 6.24. The molecule has 5 nitrogen and oxygen atoms in total. The lowest BCUT2D eigenvalue weighted by molar-refractivity contribution is -0.0443. The molecule has 1 fully saturated rings. The first kappa shape index (κ1) is 20.3. The predicted molar refractivity (Wildman–Crippen MR) is 110 cm³/mol. The Morgan fingerprint density at radius 3 is 2.67 bits per heavy atom. The molecule has 0 atom stereocenters. The zero-order valence-corrected chi connectivity index (χ0v) is 17.4. The normalized spacial score (nSPS) is 21.1. The molecule has 0 saturated carbocycles. The number of allylic oxidation sites excluding steroid dienone is 2. The van der Waals surface area contributed by atoms with Gasteiger partial charge in [0, 0.05) is 19.6 Å². The Morgan fingerprint density at radius 1 is 1.26 bits per heavy atom. The highest BCUT2D eigenvalue weighted by Gasteiger charge is 2.27. The molecule has 3 rings (SSSR count). The number of aromatic nitrogens is 1. The van der Waals surface area contributed by atoms with E-state index in [9.17, 15) is 0 Å². The first-order valence-electron chi connectivity index (χ1n) is 10.2. The van der Waals surface area contributed by atoms with Gasteiger partial charge in [-0.1, -0.05) is 19.9 Å². The topological polar surface area (TPSA) is 60.6 Å². The van der Waals surface area contributed by atoms with Crippen molar-refractivity contribution < 1.29 is 9.47 Å². The molecule has 0 unspecified atom stereocenters. The summed E-state index contributed by atoms with van der Waals surface area (Å²) in [4.78, 5) is 7.31. The van der Waals surface area contributed by atoms with Gasteiger partial charge in [-0.05, 0) is 56.2 Å². The van der Waals surface area contributed by atoms with Gasteiger partial charge in [-0.3, -0.25) is 4.90 Å². The molecule has 5 heteroatoms. The van der Waals surface area contributed by atoms with E-state index in [1.54, 1.807) is 0 Å². The van der Waals surface area contributed by atoms with Crippen LogP contribution in [0.5, 0.6) is 0 Å². The van der Waals surface area contributed by atoms with Crippen molar-refractivity contribution in [2.75, 3.05) is 45.2 Å². The molecule has 1 aromatic rings. The Morgan fingerprint density at radius 2 is 2.00 bits per heavy atom. The number of hydrogen-bond acceptors (Lipinski definition) is 5. The van der Waals surface area contributed by atoms with Gasteiger partial charge in [0.25, 0.3) is 0 Å². The molecule has 1 aromatic heterocycles. The average molecular weight is 374 g/mol. The highest BCUT2D eigenvalue weighted by Crippen LogP contribution is 2.39. The number of rotatable bonds is 6. The number of pyridine rings is 1. The number of ether oxygens (including phenoxy) is 2. The summed E-state index contributed by atoms with van der Waals surface area (Å²) in [5, 5.41) is 0. The highest BCUT2D eigenvalue weighted by molar-refractivity contribution is 5.72. The van der Waals surface area contributed by atoms with Crippen LogP contribution in [-0.4, -0.2) is 49.3 Å². The molecule has 0 amide bonds. The first-order chi connectivity index (χ1) is 12.8. The fourth-order valence-corrected chi connectivity index (χ4v) is 3.68. The SMILES string of the molecule is CC1(C)CC=C(c2nc(C(C)(C)OCCN3CCOCC3)ccc2N)CC1. The maximum absolute atomic E-state index is 6.27. The third-order valence-electron chi connectivity index (χ3n) is 5.79. The summed E-state index contributed by atoms with van der Waals surface area (Å²) in [5.41, 5.74) is 10.1. The molecule has 0 radical (unpaired) electrons. The van der Waals surface area contributed by atoms with Crippen LogP contribution in [0.2, 0.25) is 0 Å². The van der Waals surface area contributed by atoms with Gasteiger partial charge < -0.3 is 15.2 Å². The lowest BCUT2D eigenvalue weighted by atomic mass is 9.77. The number of hydrogen-bond donors (Lipinski definition) is 1. The first-order valence-corrected chi connectivity index (χ1v) is 10.2. The molecule has 1 saturated heterocycles. The standard InChI is InChI=1S/C22H35N3O2/c1-21(2)9-7-17(8-10-21)20-18(23)5-6-19(24-20)22(3,4)27-16-13-25-11-14-26-15-12-25/h5-7H,8-16,23H2,1-4H3. The van der Waals surface area contributed by atoms with E-state index in [0.717, 1.165) is 62.8 Å². The van der Waals surface area contributed by atoms with Gasteiger partial charge in [0.05, 0.1) is 36.9 Å². The van der Waals surface area contributed by atoms with Crippen molar-refractivity contribution in [3.63, 3.8) is 0 Å². The molecule has 1 aliphatic carbocycles. The zero-order valence-electron chi connectivity index (χ0n) is 17.4. The van der Waals surface area contributed by atoms with Gasteiger partial charge in [0.1, 0.15) is 5.60 Å². The summed E-state index contributed by atoms with van der Waals surface area (Å²) in [6.07, 6.45) is 5.60. The van der Waals surface area contributed by atoms with Gasteiger partial charge in [0.2, 0.25) is 0 Å². The molecule has 0 spiro atoms. The van der Waals surface area contributed by atoms with E-state index in [4.69, 9.17) is 20.2 Å². The minimum absolute atomic E-state index is 0.373. The van der Waals surface area contributed by atoms with Crippen LogP contribution < -0.4 is 5.73 Å². The molecule has 150 valence electrons. The van der Waals surface area contributed by atoms with Gasteiger partial charge in [-0.15, -0.1) is 0 Å². The van der Waals surface area contributed by atoms with Crippen LogP contribution >= 0.6 is 0 Å². The number of nitrogen functional groups attached to an aromatic ring is 1. The largest absolute Gasteiger partial charge is 0.397 e. The van der Waals surface area contributed by atoms with Crippen molar-refractivity contribution in [1.82, 2.24) is 9.88 Å². The van der Waals surface area contributed by atoms with E-state index in [2.05, 4.69) is 38.7 Å². The highest BCUT2D eigenvalue weighted by atomic mass is 16.5. The predicted octanol–water partition coefficient (Wildman–Crippen LogP) is 3.84. The van der Waals surface area contributed by atoms with E-state index < -0.39 is 5.60 Å². The quantitative estimate of drug-likeness (QED) is 0.821. The number of nitrogens with two attached hydrogens (primary N) is 1. The van der Waals surface area contributed by atoms with Crippen molar-refractivity contribution in [3.8, 4) is 0 Å². The minimum Gasteiger partial charge on any atom is -0.397 e. The Hall–Kier alpha value is -1.43. The second-order valence-electron chi connectivity index (χ2n) is 9.04. The van der Waals surface area contributed by atoms with Gasteiger partial charge >= 0.3 is 0 Å². The van der Waals surface area contributed by atoms with Crippen LogP contribution in [0.3, 0.4) is 0 Å². The summed E-state index contributed by atoms with van der Waals surface area (Å²) in [5.74, 6) is 0. The molecule has 0 bridgehead atoms. The maximum atomic E-state index is 6.27. The van der Waals surface area contributed by atoms with E-state index in [0.29, 0.717) is 12.0 Å². The van der Waals surface area contributed by atoms with Crippen LogP contribution in [0, 0.1) is 5.41 Å². The zero-order chi connectivity index (χ0) is 19.5. The van der Waals surface area contributed by atoms with Crippen LogP contribution in [0.4, 0.5) is 5.69 Å². The van der Waals surface area contributed by atoms with Crippen LogP contribution in [0.25, 0.3) is 5.57 Å². The van der Waals surface area contributed by atoms with E-state index in [-0.39, 0.29) is 0 Å². The molecule has 1 aliphatic heterocycles. The molecule has 27 heavy (non-hydrogen) atoms. The summed E-state index contributed by atoms with van der Waals surface area (Å²) in [7, 11) is 0. The molecule has 2 heterocycles. The Bertz CT molecular complexity index is 676. The second-order valence-corrected chi connectivity index (χ2v) is 9.04. The fraction of sp³-hybridized carbons (Fsp3) is 0.682. The average Bonchev–Trinajstić information content (AvgIpc) is 2.63. The monoisotopic (exact) mass is 373 g/mol. The van der Waals surface area contributed by atoms with Gasteiger partial charge in [0.15, 0.2) is 0 Å². The third kappa shape index (κ3) is 5.31. The van der Waals surface area contributed by atoms with Crippen molar-refractivity contribution in [1.29, 1.82) is 0 Å². The van der Waals surface area contributed by atoms with Gasteiger partial charge in [-0.2, -0.15) is 0 Å². The maximum Gasteiger partial charge on any atom is 0.104 e. The summed E-state index contributed by atoms with van der Waals surface area (Å²) in [6.45, 7) is 14.0. The van der Waals surface area contributed by atoms with Crippen molar-refractivity contribution in [3.05, 3.63) is 29.6 Å². The van der Waals surface area contributed by atoms with Crippen molar-refractivity contribution in [2.45, 2.75) is 52.6 Å². The van der Waals surface area contributed by atoms with Crippen molar-refractivity contribution >= 4 is 11.3 Å². The van der Waals surface area contributed by atoms with Crippen molar-refractivity contribution in [2.24, 2.45) is 5.41 Å². The molecular formula is C22H35N3O2. The number of anilines is 1. The van der Waals surface area contributed by atoms with E-state index in [1.165, 1.54) is 12.0 Å². The smallest absolute Gasteiger partial charge is 0.104 e. The molecular weight excluding hydrogens is 338 g/mol. The summed E-state index contributed by atoms with van der Waals surface area (Å²) >= 11 is 0. The Balaban J connectivity index is 1.67. The van der Waals surface area contributed by atoms with E-state index >= 15 is 0 Å². The van der Waals surface area contributed by atoms with E-state index in [1.807, 2.05) is 12.1 Å². The Labute approximate surface area is 163 Å². The molecule has 2 N–H and O–H groups in total. The third-order valence-corrected chi connectivity index (χ3v) is 5.79. The fourth-order valence-electron chi connectivity index (χ4n) is 3.68. The van der Waals surface area contributed by atoms with Crippen LogP contribution in [-0.2, 0) is 15.1 Å². The number of morpholine rings is 1. The van der Waals surface area contributed by atoms with Crippen LogP contribution in [0.1, 0.15) is 58.3 Å². The molecule has 2 aliphatic rings. The lowest BCUT2D eigenvalue weighted by Crippen LogP contribution is -2.39. The minimum atomic E-state index is -0.441.